The fourth-order valence-corrected chi connectivity index (χ4v) is 1.93. The summed E-state index contributed by atoms with van der Waals surface area (Å²) in [6.45, 7) is 2.64. The predicted molar refractivity (Wildman–Crippen MR) is 79.2 cm³/mol. The highest BCUT2D eigenvalue weighted by atomic mass is 19.1. The molecule has 0 heterocycles. The lowest BCUT2D eigenvalue weighted by atomic mass is 10.1. The highest BCUT2D eigenvalue weighted by Crippen LogP contribution is 2.18. The first kappa shape index (κ1) is 13.4. The van der Waals surface area contributed by atoms with Gasteiger partial charge in [0, 0.05) is 32.0 Å². The van der Waals surface area contributed by atoms with Crippen molar-refractivity contribution >= 4 is 11.4 Å². The molecule has 0 amide bonds. The molecule has 0 fully saturated rings. The van der Waals surface area contributed by atoms with Crippen LogP contribution in [0, 0.1) is 12.7 Å². The standard InChI is InChI=1S/C16H19FN2/c1-12-10-14(17)6-9-16(12)18-11-13-4-7-15(8-5-13)19(2)3/h4-10,18H,11H2,1-3H3. The zero-order chi connectivity index (χ0) is 13.8. The van der Waals surface area contributed by atoms with Gasteiger partial charge >= 0.3 is 0 Å². The molecule has 1 N–H and O–H groups in total. The quantitative estimate of drug-likeness (QED) is 0.897. The van der Waals surface area contributed by atoms with Gasteiger partial charge in [-0.15, -0.1) is 0 Å². The number of hydrogen-bond donors (Lipinski definition) is 1. The molecule has 2 rings (SSSR count). The minimum absolute atomic E-state index is 0.196. The van der Waals surface area contributed by atoms with Gasteiger partial charge < -0.3 is 10.2 Å². The molecule has 0 aromatic heterocycles. The van der Waals surface area contributed by atoms with Crippen LogP contribution in [0.4, 0.5) is 15.8 Å². The van der Waals surface area contributed by atoms with Gasteiger partial charge in [-0.05, 0) is 48.4 Å². The second-order valence-corrected chi connectivity index (χ2v) is 4.87. The van der Waals surface area contributed by atoms with E-state index in [-0.39, 0.29) is 5.82 Å². The van der Waals surface area contributed by atoms with Gasteiger partial charge in [-0.25, -0.2) is 4.39 Å². The number of anilines is 2. The second-order valence-electron chi connectivity index (χ2n) is 4.87. The summed E-state index contributed by atoms with van der Waals surface area (Å²) in [6.07, 6.45) is 0. The number of nitrogens with one attached hydrogen (secondary N) is 1. The minimum atomic E-state index is -0.196. The summed E-state index contributed by atoms with van der Waals surface area (Å²) < 4.78 is 13.0. The Balaban J connectivity index is 2.02. The van der Waals surface area contributed by atoms with Crippen LogP contribution in [0.3, 0.4) is 0 Å². The van der Waals surface area contributed by atoms with Crippen molar-refractivity contribution in [3.8, 4) is 0 Å². The zero-order valence-corrected chi connectivity index (χ0v) is 11.6. The summed E-state index contributed by atoms with van der Waals surface area (Å²) in [5.74, 6) is -0.196. The molecule has 0 aliphatic heterocycles. The summed E-state index contributed by atoms with van der Waals surface area (Å²) in [7, 11) is 4.05. The van der Waals surface area contributed by atoms with Crippen LogP contribution in [0.5, 0.6) is 0 Å². The van der Waals surface area contributed by atoms with E-state index in [4.69, 9.17) is 0 Å². The first-order chi connectivity index (χ1) is 9.06. The first-order valence-electron chi connectivity index (χ1n) is 6.32. The van der Waals surface area contributed by atoms with Gasteiger partial charge in [0.15, 0.2) is 0 Å². The highest BCUT2D eigenvalue weighted by Gasteiger charge is 2.00. The Labute approximate surface area is 113 Å². The lowest BCUT2D eigenvalue weighted by Crippen LogP contribution is -2.08. The molecule has 19 heavy (non-hydrogen) atoms. The number of aryl methyl sites for hydroxylation is 1. The topological polar surface area (TPSA) is 15.3 Å². The van der Waals surface area contributed by atoms with E-state index in [1.807, 2.05) is 21.0 Å². The van der Waals surface area contributed by atoms with E-state index in [1.165, 1.54) is 23.4 Å². The van der Waals surface area contributed by atoms with Gasteiger partial charge in [-0.2, -0.15) is 0 Å². The predicted octanol–water partition coefficient (Wildman–Crippen LogP) is 3.81. The molecule has 0 spiro atoms. The van der Waals surface area contributed by atoms with Crippen LogP contribution >= 0.6 is 0 Å². The van der Waals surface area contributed by atoms with Crippen molar-refractivity contribution in [3.63, 3.8) is 0 Å². The Hall–Kier alpha value is -2.03. The maximum absolute atomic E-state index is 13.0. The van der Waals surface area contributed by atoms with Gasteiger partial charge in [-0.1, -0.05) is 12.1 Å². The number of nitrogens with zero attached hydrogens (tertiary/aromatic N) is 1. The monoisotopic (exact) mass is 258 g/mol. The van der Waals surface area contributed by atoms with Crippen LogP contribution in [0.2, 0.25) is 0 Å². The van der Waals surface area contributed by atoms with Crippen molar-refractivity contribution in [2.75, 3.05) is 24.3 Å². The number of hydrogen-bond acceptors (Lipinski definition) is 2. The van der Waals surface area contributed by atoms with Gasteiger partial charge in [0.2, 0.25) is 0 Å². The lowest BCUT2D eigenvalue weighted by molar-refractivity contribution is 0.627. The third-order valence-corrected chi connectivity index (χ3v) is 3.12. The van der Waals surface area contributed by atoms with E-state index in [0.29, 0.717) is 0 Å². The third-order valence-electron chi connectivity index (χ3n) is 3.12. The van der Waals surface area contributed by atoms with Gasteiger partial charge in [0.25, 0.3) is 0 Å². The van der Waals surface area contributed by atoms with Crippen LogP contribution < -0.4 is 10.2 Å². The van der Waals surface area contributed by atoms with Gasteiger partial charge in [-0.3, -0.25) is 0 Å². The molecule has 0 saturated heterocycles. The molecular formula is C16H19FN2. The van der Waals surface area contributed by atoms with E-state index >= 15 is 0 Å². The van der Waals surface area contributed by atoms with E-state index in [2.05, 4.69) is 34.5 Å². The molecule has 0 unspecified atom stereocenters. The Kier molecular flexibility index (Phi) is 4.05. The number of rotatable bonds is 4. The molecule has 0 atom stereocenters. The maximum atomic E-state index is 13.0. The zero-order valence-electron chi connectivity index (χ0n) is 11.6. The van der Waals surface area contributed by atoms with Crippen molar-refractivity contribution in [3.05, 3.63) is 59.4 Å². The Morgan fingerprint density at radius 2 is 1.74 bits per heavy atom. The van der Waals surface area contributed by atoms with Crippen LogP contribution in [-0.2, 0) is 6.54 Å². The number of halogens is 1. The largest absolute Gasteiger partial charge is 0.381 e. The second kappa shape index (κ2) is 5.74. The van der Waals surface area contributed by atoms with Crippen molar-refractivity contribution in [2.45, 2.75) is 13.5 Å². The number of benzene rings is 2. The van der Waals surface area contributed by atoms with Crippen LogP contribution in [0.25, 0.3) is 0 Å². The van der Waals surface area contributed by atoms with Crippen LogP contribution in [0.1, 0.15) is 11.1 Å². The fraction of sp³-hybridized carbons (Fsp3) is 0.250. The van der Waals surface area contributed by atoms with E-state index in [1.54, 1.807) is 6.07 Å². The summed E-state index contributed by atoms with van der Waals surface area (Å²) in [5, 5.41) is 3.32. The summed E-state index contributed by atoms with van der Waals surface area (Å²) in [4.78, 5) is 2.07. The van der Waals surface area contributed by atoms with Gasteiger partial charge in [0.05, 0.1) is 0 Å². The first-order valence-corrected chi connectivity index (χ1v) is 6.32. The van der Waals surface area contributed by atoms with Gasteiger partial charge in [0.1, 0.15) is 5.82 Å². The fourth-order valence-electron chi connectivity index (χ4n) is 1.93. The summed E-state index contributed by atoms with van der Waals surface area (Å²) in [6, 6.07) is 13.2. The SMILES string of the molecule is Cc1cc(F)ccc1NCc1ccc(N(C)C)cc1. The molecule has 100 valence electrons. The molecule has 2 aromatic rings. The normalized spacial score (nSPS) is 10.3. The third kappa shape index (κ3) is 3.47. The average Bonchev–Trinajstić information content (AvgIpc) is 2.38. The van der Waals surface area contributed by atoms with E-state index in [9.17, 15) is 4.39 Å². The Bertz CT molecular complexity index is 547. The smallest absolute Gasteiger partial charge is 0.123 e. The molecule has 0 radical (unpaired) electrons. The highest BCUT2D eigenvalue weighted by molar-refractivity contribution is 5.51. The van der Waals surface area contributed by atoms with Crippen molar-refractivity contribution in [1.29, 1.82) is 0 Å². The molecule has 0 aliphatic rings. The van der Waals surface area contributed by atoms with E-state index in [0.717, 1.165) is 17.8 Å². The van der Waals surface area contributed by atoms with Crippen molar-refractivity contribution < 1.29 is 4.39 Å². The van der Waals surface area contributed by atoms with Crippen LogP contribution in [0.15, 0.2) is 42.5 Å². The molecule has 0 aliphatic carbocycles. The van der Waals surface area contributed by atoms with Crippen molar-refractivity contribution in [1.82, 2.24) is 0 Å². The molecule has 0 saturated carbocycles. The summed E-state index contributed by atoms with van der Waals surface area (Å²) >= 11 is 0. The molecule has 2 nitrogen and oxygen atoms in total. The van der Waals surface area contributed by atoms with Crippen LogP contribution in [-0.4, -0.2) is 14.1 Å². The molecular weight excluding hydrogens is 239 g/mol. The van der Waals surface area contributed by atoms with E-state index < -0.39 is 0 Å². The minimum Gasteiger partial charge on any atom is -0.381 e. The lowest BCUT2D eigenvalue weighted by Gasteiger charge is -2.13. The molecule has 2 aromatic carbocycles. The maximum Gasteiger partial charge on any atom is 0.123 e. The summed E-state index contributed by atoms with van der Waals surface area (Å²) in [5.41, 5.74) is 4.28. The molecule has 3 heteroatoms. The average molecular weight is 258 g/mol. The Morgan fingerprint density at radius 3 is 2.32 bits per heavy atom. The van der Waals surface area contributed by atoms with Crippen molar-refractivity contribution in [2.24, 2.45) is 0 Å². The molecule has 0 bridgehead atoms. The Morgan fingerprint density at radius 1 is 1.05 bits per heavy atom.